The lowest BCUT2D eigenvalue weighted by molar-refractivity contribution is -0.194. The first-order chi connectivity index (χ1) is 9.70. The van der Waals surface area contributed by atoms with Crippen LogP contribution >= 0.6 is 0 Å². The summed E-state index contributed by atoms with van der Waals surface area (Å²) in [5.74, 6) is -3.50. The highest BCUT2D eigenvalue weighted by Gasteiger charge is 2.39. The lowest BCUT2D eigenvalue weighted by Crippen LogP contribution is -2.50. The number of ketones is 1. The number of rotatable bonds is 8. The van der Waals surface area contributed by atoms with Crippen LogP contribution in [-0.4, -0.2) is 66.4 Å². The van der Waals surface area contributed by atoms with Crippen molar-refractivity contribution in [3.8, 4) is 0 Å². The third-order valence-electron chi connectivity index (χ3n) is 2.27. The molecule has 0 aromatic carbocycles. The fraction of sp³-hybridized carbons (Fsp3) is 0.667. The zero-order chi connectivity index (χ0) is 16.6. The molecule has 21 heavy (non-hydrogen) atoms. The number of carbonyl (C=O) groups is 4. The Morgan fingerprint density at radius 1 is 1.00 bits per heavy atom. The van der Waals surface area contributed by atoms with Crippen LogP contribution in [0.15, 0.2) is 0 Å². The first-order valence-electron chi connectivity index (χ1n) is 6.04. The Morgan fingerprint density at radius 3 is 1.86 bits per heavy atom. The number of hydrogen-bond donors (Lipinski definition) is 1. The predicted molar refractivity (Wildman–Crippen MR) is 67.2 cm³/mol. The minimum atomic E-state index is -1.76. The summed E-state index contributed by atoms with van der Waals surface area (Å²) in [6.07, 6.45) is -3.39. The summed E-state index contributed by atoms with van der Waals surface area (Å²) < 4.78 is 14.1. The first kappa shape index (κ1) is 19.0. The van der Waals surface area contributed by atoms with E-state index in [1.807, 2.05) is 0 Å². The molecule has 0 spiro atoms. The fourth-order valence-corrected chi connectivity index (χ4v) is 1.39. The van der Waals surface area contributed by atoms with Crippen LogP contribution in [0.2, 0.25) is 0 Å². The number of nitrogens with zero attached hydrogens (tertiary/aromatic N) is 1. The minimum Gasteiger partial charge on any atom is -0.450 e. The highest BCUT2D eigenvalue weighted by atomic mass is 16.6. The van der Waals surface area contributed by atoms with E-state index in [4.69, 9.17) is 9.47 Å². The molecular weight excluding hydrogens is 286 g/mol. The van der Waals surface area contributed by atoms with Crippen LogP contribution in [0.25, 0.3) is 0 Å². The Bertz CT molecular complexity index is 408. The van der Waals surface area contributed by atoms with Crippen molar-refractivity contribution >= 4 is 23.6 Å². The summed E-state index contributed by atoms with van der Waals surface area (Å²) >= 11 is 0. The van der Waals surface area contributed by atoms with Gasteiger partial charge >= 0.3 is 11.9 Å². The molecule has 0 aliphatic rings. The van der Waals surface area contributed by atoms with Crippen LogP contribution in [0.4, 0.5) is 0 Å². The van der Waals surface area contributed by atoms with Crippen molar-refractivity contribution in [1.29, 1.82) is 0 Å². The molecule has 0 aliphatic heterocycles. The van der Waals surface area contributed by atoms with Crippen LogP contribution < -0.4 is 0 Å². The maximum absolute atomic E-state index is 12.0. The van der Waals surface area contributed by atoms with Crippen molar-refractivity contribution in [3.63, 3.8) is 0 Å². The van der Waals surface area contributed by atoms with Gasteiger partial charge in [-0.2, -0.15) is 0 Å². The quantitative estimate of drug-likeness (QED) is 0.355. The number of amides is 1. The summed E-state index contributed by atoms with van der Waals surface area (Å²) in [6, 6.07) is 0. The van der Waals surface area contributed by atoms with Gasteiger partial charge in [0.15, 0.2) is 5.78 Å². The average Bonchev–Trinajstić information content (AvgIpc) is 2.38. The van der Waals surface area contributed by atoms with Gasteiger partial charge in [0.2, 0.25) is 12.2 Å². The number of hydroxylamine groups is 2. The van der Waals surface area contributed by atoms with Crippen molar-refractivity contribution in [1.82, 2.24) is 5.06 Å². The topological polar surface area (TPSA) is 119 Å². The Labute approximate surface area is 121 Å². The normalized spacial score (nSPS) is 13.0. The van der Waals surface area contributed by atoms with Crippen LogP contribution in [-0.2, 0) is 33.4 Å². The van der Waals surface area contributed by atoms with Gasteiger partial charge in [0, 0.05) is 21.0 Å². The molecule has 9 heteroatoms. The van der Waals surface area contributed by atoms with E-state index in [1.165, 1.54) is 7.11 Å². The smallest absolute Gasteiger partial charge is 0.303 e. The van der Waals surface area contributed by atoms with E-state index in [1.54, 1.807) is 0 Å². The average molecular weight is 305 g/mol. The molecule has 0 aliphatic carbocycles. The number of carbonyl (C=O) groups excluding carboxylic acids is 4. The molecule has 0 fully saturated rings. The van der Waals surface area contributed by atoms with Crippen LogP contribution in [0.1, 0.15) is 20.8 Å². The summed E-state index contributed by atoms with van der Waals surface area (Å²) in [7, 11) is 1.36. The highest BCUT2D eigenvalue weighted by Crippen LogP contribution is 2.10. The van der Waals surface area contributed by atoms with Crippen molar-refractivity contribution in [2.24, 2.45) is 0 Å². The number of methoxy groups -OCH3 is 1. The molecule has 1 amide bonds. The SMILES string of the molecule is COCCN(O)C(=O)[C@H](OC(C)=O)[C@H](OC(C)=O)C(C)=O. The van der Waals surface area contributed by atoms with Crippen molar-refractivity contribution in [2.75, 3.05) is 20.3 Å². The van der Waals surface area contributed by atoms with E-state index in [9.17, 15) is 24.4 Å². The predicted octanol–water partition coefficient (Wildman–Crippen LogP) is -0.697. The molecule has 0 saturated heterocycles. The largest absolute Gasteiger partial charge is 0.450 e. The molecule has 0 radical (unpaired) electrons. The lowest BCUT2D eigenvalue weighted by Gasteiger charge is -2.26. The van der Waals surface area contributed by atoms with E-state index in [0.717, 1.165) is 20.8 Å². The van der Waals surface area contributed by atoms with Gasteiger partial charge in [0.1, 0.15) is 0 Å². The Morgan fingerprint density at radius 2 is 1.48 bits per heavy atom. The molecule has 0 aromatic heterocycles. The molecule has 0 unspecified atom stereocenters. The molecule has 0 aromatic rings. The standard InChI is InChI=1S/C12H19NO8/c1-7(14)10(20-8(2)15)11(21-9(3)16)12(17)13(18)5-6-19-4/h10-11,18H,5-6H2,1-4H3/t10-,11-/m1/s1. The Hall–Kier alpha value is -2.00. The van der Waals surface area contributed by atoms with Gasteiger partial charge in [0.05, 0.1) is 13.2 Å². The van der Waals surface area contributed by atoms with Crippen LogP contribution in [0, 0.1) is 0 Å². The molecule has 2 atom stereocenters. The second-order valence-electron chi connectivity index (χ2n) is 4.12. The molecule has 0 saturated carbocycles. The van der Waals surface area contributed by atoms with Gasteiger partial charge < -0.3 is 14.2 Å². The molecule has 0 rings (SSSR count). The van der Waals surface area contributed by atoms with Gasteiger partial charge in [-0.15, -0.1) is 0 Å². The summed E-state index contributed by atoms with van der Waals surface area (Å²) in [6.45, 7) is 2.92. The number of hydrogen-bond acceptors (Lipinski definition) is 8. The molecule has 0 heterocycles. The summed E-state index contributed by atoms with van der Waals surface area (Å²) in [5.41, 5.74) is 0. The number of Topliss-reactive ketones (excluding diaryl/α,β-unsaturated/α-hetero) is 1. The van der Waals surface area contributed by atoms with Crippen molar-refractivity contribution in [3.05, 3.63) is 0 Å². The zero-order valence-electron chi connectivity index (χ0n) is 12.3. The summed E-state index contributed by atoms with van der Waals surface area (Å²) in [4.78, 5) is 45.6. The third kappa shape index (κ3) is 6.82. The fourth-order valence-electron chi connectivity index (χ4n) is 1.39. The van der Waals surface area contributed by atoms with Crippen molar-refractivity contribution < 1.29 is 38.6 Å². The van der Waals surface area contributed by atoms with E-state index >= 15 is 0 Å². The molecule has 1 N–H and O–H groups in total. The highest BCUT2D eigenvalue weighted by molar-refractivity contribution is 5.93. The Balaban J connectivity index is 5.22. The van der Waals surface area contributed by atoms with Crippen LogP contribution in [0.5, 0.6) is 0 Å². The van der Waals surface area contributed by atoms with Gasteiger partial charge in [-0.1, -0.05) is 0 Å². The van der Waals surface area contributed by atoms with Crippen LogP contribution in [0.3, 0.4) is 0 Å². The van der Waals surface area contributed by atoms with E-state index in [-0.39, 0.29) is 18.2 Å². The number of esters is 2. The van der Waals surface area contributed by atoms with E-state index in [0.29, 0.717) is 0 Å². The summed E-state index contributed by atoms with van der Waals surface area (Å²) in [5, 5.41) is 9.79. The van der Waals surface area contributed by atoms with Crippen molar-refractivity contribution in [2.45, 2.75) is 33.0 Å². The number of ether oxygens (including phenoxy) is 3. The van der Waals surface area contributed by atoms with Gasteiger partial charge in [-0.3, -0.25) is 24.4 Å². The second-order valence-corrected chi connectivity index (χ2v) is 4.12. The second kappa shape index (κ2) is 9.03. The first-order valence-corrected chi connectivity index (χ1v) is 6.04. The maximum atomic E-state index is 12.0. The van der Waals surface area contributed by atoms with Gasteiger partial charge in [-0.05, 0) is 6.92 Å². The molecule has 9 nitrogen and oxygen atoms in total. The Kier molecular flexibility index (Phi) is 8.17. The monoisotopic (exact) mass is 305 g/mol. The lowest BCUT2D eigenvalue weighted by atomic mass is 10.1. The van der Waals surface area contributed by atoms with Gasteiger partial charge in [-0.25, -0.2) is 5.06 Å². The zero-order valence-corrected chi connectivity index (χ0v) is 12.3. The molecule has 120 valence electrons. The van der Waals surface area contributed by atoms with E-state index < -0.39 is 35.8 Å². The third-order valence-corrected chi connectivity index (χ3v) is 2.27. The molecule has 0 bridgehead atoms. The minimum absolute atomic E-state index is 0.0212. The van der Waals surface area contributed by atoms with Gasteiger partial charge in [0.25, 0.3) is 5.91 Å². The van der Waals surface area contributed by atoms with E-state index in [2.05, 4.69) is 4.74 Å². The molecular formula is C12H19NO8. The maximum Gasteiger partial charge on any atom is 0.303 e.